The third-order valence-electron chi connectivity index (χ3n) is 4.21. The summed E-state index contributed by atoms with van der Waals surface area (Å²) >= 11 is 1.38. The van der Waals surface area contributed by atoms with Gasteiger partial charge in [-0.2, -0.15) is 0 Å². The van der Waals surface area contributed by atoms with Gasteiger partial charge in [0.1, 0.15) is 10.8 Å². The Morgan fingerprint density at radius 2 is 1.79 bits per heavy atom. The van der Waals surface area contributed by atoms with E-state index in [2.05, 4.69) is 10.3 Å². The molecule has 6 heteroatoms. The molecule has 5 nitrogen and oxygen atoms in total. The van der Waals surface area contributed by atoms with Gasteiger partial charge in [0.15, 0.2) is 11.9 Å². The molecular weight excluding hydrogens is 372 g/mol. The maximum atomic E-state index is 12.2. The Hall–Kier alpha value is -2.99. The van der Waals surface area contributed by atoms with Crippen LogP contribution in [0.25, 0.3) is 10.6 Å². The van der Waals surface area contributed by atoms with Gasteiger partial charge >= 0.3 is 0 Å². The lowest BCUT2D eigenvalue weighted by Gasteiger charge is -2.15. The highest BCUT2D eigenvalue weighted by Crippen LogP contribution is 2.29. The summed E-state index contributed by atoms with van der Waals surface area (Å²) in [6.45, 7) is 5.57. The van der Waals surface area contributed by atoms with Crippen molar-refractivity contribution in [3.63, 3.8) is 0 Å². The first kappa shape index (κ1) is 19.8. The predicted octanol–water partition coefficient (Wildman–Crippen LogP) is 4.40. The number of hydrogen-bond donors (Lipinski definition) is 1. The van der Waals surface area contributed by atoms with Crippen molar-refractivity contribution in [3.05, 3.63) is 70.7 Å². The fourth-order valence-corrected chi connectivity index (χ4v) is 3.68. The van der Waals surface area contributed by atoms with Crippen LogP contribution in [0.4, 0.5) is 0 Å². The molecule has 0 bridgehead atoms. The first-order valence-corrected chi connectivity index (χ1v) is 9.83. The van der Waals surface area contributed by atoms with Crippen LogP contribution in [-0.2, 0) is 11.3 Å². The van der Waals surface area contributed by atoms with E-state index < -0.39 is 6.10 Å². The number of ether oxygens (including phenoxy) is 1. The molecule has 3 aromatic rings. The summed E-state index contributed by atoms with van der Waals surface area (Å²) in [5.74, 6) is 0.456. The van der Waals surface area contributed by atoms with Gasteiger partial charge in [-0.15, -0.1) is 11.3 Å². The van der Waals surface area contributed by atoms with Gasteiger partial charge in [0.25, 0.3) is 5.91 Å². The van der Waals surface area contributed by atoms with E-state index in [0.29, 0.717) is 17.2 Å². The highest BCUT2D eigenvalue weighted by Gasteiger charge is 2.15. The number of Topliss-reactive ketones (excluding diaryl/α,β-unsaturated/α-hetero) is 1. The molecule has 0 spiro atoms. The number of rotatable bonds is 7. The number of amides is 1. The topological polar surface area (TPSA) is 68.3 Å². The summed E-state index contributed by atoms with van der Waals surface area (Å²) in [6.07, 6.45) is -0.610. The quantitative estimate of drug-likeness (QED) is 0.603. The van der Waals surface area contributed by atoms with Gasteiger partial charge in [-0.05, 0) is 43.7 Å². The van der Waals surface area contributed by atoms with Crippen LogP contribution in [0.3, 0.4) is 0 Å². The van der Waals surface area contributed by atoms with E-state index in [1.807, 2.05) is 49.4 Å². The van der Waals surface area contributed by atoms with Crippen molar-refractivity contribution in [1.29, 1.82) is 0 Å². The number of carbonyl (C=O) groups is 2. The molecule has 0 radical (unpaired) electrons. The average Bonchev–Trinajstić information content (AvgIpc) is 3.09. The van der Waals surface area contributed by atoms with Crippen LogP contribution in [-0.4, -0.2) is 22.8 Å². The van der Waals surface area contributed by atoms with Crippen molar-refractivity contribution in [2.24, 2.45) is 0 Å². The summed E-state index contributed by atoms with van der Waals surface area (Å²) in [5, 5.41) is 3.67. The second kappa shape index (κ2) is 8.80. The molecule has 1 amide bonds. The molecule has 1 aromatic heterocycles. The van der Waals surface area contributed by atoms with Crippen LogP contribution in [0, 0.1) is 6.92 Å². The molecule has 2 aromatic carbocycles. The maximum absolute atomic E-state index is 12.2. The zero-order valence-corrected chi connectivity index (χ0v) is 16.9. The minimum atomic E-state index is -0.610. The Balaban J connectivity index is 1.59. The Kier molecular flexibility index (Phi) is 6.21. The monoisotopic (exact) mass is 394 g/mol. The van der Waals surface area contributed by atoms with Crippen LogP contribution in [0.5, 0.6) is 5.75 Å². The van der Waals surface area contributed by atoms with Gasteiger partial charge < -0.3 is 10.1 Å². The number of nitrogens with one attached hydrogen (secondary N) is 1. The first-order chi connectivity index (χ1) is 13.4. The van der Waals surface area contributed by atoms with E-state index in [1.54, 1.807) is 26.0 Å². The lowest BCUT2D eigenvalue weighted by Crippen LogP contribution is -2.35. The Bertz CT molecular complexity index is 965. The summed E-state index contributed by atoms with van der Waals surface area (Å²) < 4.78 is 5.74. The van der Waals surface area contributed by atoms with Crippen LogP contribution >= 0.6 is 11.3 Å². The molecule has 0 fully saturated rings. The van der Waals surface area contributed by atoms with Gasteiger partial charge in [0.05, 0.1) is 10.6 Å². The molecule has 0 aliphatic heterocycles. The zero-order chi connectivity index (χ0) is 20.1. The van der Waals surface area contributed by atoms with Crippen molar-refractivity contribution in [2.45, 2.75) is 33.4 Å². The highest BCUT2D eigenvalue weighted by atomic mass is 32.1. The SMILES string of the molecule is CC(=O)c1sc(-c2ccc(O[C@@H](C)C(=O)NCc3ccccc3)cc2)nc1C. The molecule has 0 unspecified atom stereocenters. The standard InChI is InChI=1S/C22H22N2O3S/c1-14-20(15(2)25)28-22(24-14)18-9-11-19(12-10-18)27-16(3)21(26)23-13-17-7-5-4-6-8-17/h4-12,16H,13H2,1-3H3,(H,23,26)/t16-/m0/s1. The van der Waals surface area contributed by atoms with Crippen LogP contribution in [0.15, 0.2) is 54.6 Å². The summed E-state index contributed by atoms with van der Waals surface area (Å²) in [7, 11) is 0. The molecule has 3 rings (SSSR count). The second-order valence-corrected chi connectivity index (χ2v) is 7.48. The third kappa shape index (κ3) is 4.84. The largest absolute Gasteiger partial charge is 0.481 e. The van der Waals surface area contributed by atoms with Gasteiger partial charge in [0.2, 0.25) is 0 Å². The lowest BCUT2D eigenvalue weighted by molar-refractivity contribution is -0.127. The number of thiazole rings is 1. The van der Waals surface area contributed by atoms with E-state index in [-0.39, 0.29) is 11.7 Å². The van der Waals surface area contributed by atoms with Gasteiger partial charge in [-0.3, -0.25) is 9.59 Å². The molecule has 1 heterocycles. The number of benzene rings is 2. The Labute approximate surface area is 168 Å². The van der Waals surface area contributed by atoms with Crippen molar-refractivity contribution < 1.29 is 14.3 Å². The molecule has 0 saturated heterocycles. The van der Waals surface area contributed by atoms with Crippen molar-refractivity contribution in [1.82, 2.24) is 10.3 Å². The number of hydrogen-bond acceptors (Lipinski definition) is 5. The number of aryl methyl sites for hydroxylation is 1. The number of nitrogens with zero attached hydrogens (tertiary/aromatic N) is 1. The normalized spacial score (nSPS) is 11.7. The lowest BCUT2D eigenvalue weighted by atomic mass is 10.2. The van der Waals surface area contributed by atoms with Crippen molar-refractivity contribution in [3.8, 4) is 16.3 Å². The first-order valence-electron chi connectivity index (χ1n) is 9.01. The van der Waals surface area contributed by atoms with Gasteiger partial charge in [-0.1, -0.05) is 30.3 Å². The van der Waals surface area contributed by atoms with E-state index in [0.717, 1.165) is 21.8 Å². The van der Waals surface area contributed by atoms with E-state index in [1.165, 1.54) is 11.3 Å². The molecule has 144 valence electrons. The number of ketones is 1. The molecular formula is C22H22N2O3S. The summed E-state index contributed by atoms with van der Waals surface area (Å²) in [5.41, 5.74) is 2.70. The fourth-order valence-electron chi connectivity index (χ4n) is 2.71. The molecule has 0 aliphatic rings. The van der Waals surface area contributed by atoms with Gasteiger partial charge in [-0.25, -0.2) is 4.98 Å². The van der Waals surface area contributed by atoms with E-state index >= 15 is 0 Å². The molecule has 28 heavy (non-hydrogen) atoms. The number of aromatic nitrogens is 1. The van der Waals surface area contributed by atoms with E-state index in [9.17, 15) is 9.59 Å². The van der Waals surface area contributed by atoms with Crippen molar-refractivity contribution in [2.75, 3.05) is 0 Å². The van der Waals surface area contributed by atoms with E-state index in [4.69, 9.17) is 4.74 Å². The smallest absolute Gasteiger partial charge is 0.261 e. The van der Waals surface area contributed by atoms with Crippen molar-refractivity contribution >= 4 is 23.0 Å². The second-order valence-electron chi connectivity index (χ2n) is 6.48. The Morgan fingerprint density at radius 1 is 1.11 bits per heavy atom. The zero-order valence-electron chi connectivity index (χ0n) is 16.1. The van der Waals surface area contributed by atoms with Crippen LogP contribution in [0.2, 0.25) is 0 Å². The predicted molar refractivity (Wildman–Crippen MR) is 111 cm³/mol. The minimum Gasteiger partial charge on any atom is -0.481 e. The third-order valence-corrected chi connectivity index (χ3v) is 5.52. The molecule has 0 aliphatic carbocycles. The Morgan fingerprint density at radius 3 is 2.39 bits per heavy atom. The van der Waals surface area contributed by atoms with Crippen LogP contribution in [0.1, 0.15) is 34.8 Å². The fraction of sp³-hybridized carbons (Fsp3) is 0.227. The van der Waals surface area contributed by atoms with Crippen LogP contribution < -0.4 is 10.1 Å². The van der Waals surface area contributed by atoms with Gasteiger partial charge in [0, 0.05) is 19.0 Å². The molecule has 1 N–H and O–H groups in total. The molecule has 1 atom stereocenters. The number of carbonyl (C=O) groups excluding carboxylic acids is 2. The summed E-state index contributed by atoms with van der Waals surface area (Å²) in [4.78, 5) is 29.0. The highest BCUT2D eigenvalue weighted by molar-refractivity contribution is 7.17. The summed E-state index contributed by atoms with van der Waals surface area (Å²) in [6, 6.07) is 17.1. The molecule has 0 saturated carbocycles. The minimum absolute atomic E-state index is 0.0246. The average molecular weight is 394 g/mol. The maximum Gasteiger partial charge on any atom is 0.261 e.